The molecule has 0 aliphatic heterocycles. The molecule has 5 heteroatoms. The predicted molar refractivity (Wildman–Crippen MR) is 57.4 cm³/mol. The molecule has 0 fully saturated rings. The SMILES string of the molecule is CCOc1cc(OCCNC)nc(C)n1. The van der Waals surface area contributed by atoms with Crippen LogP contribution in [0.15, 0.2) is 6.07 Å². The highest BCUT2D eigenvalue weighted by Gasteiger charge is 2.02. The normalized spacial score (nSPS) is 10.1. The average molecular weight is 211 g/mol. The molecule has 0 amide bonds. The highest BCUT2D eigenvalue weighted by molar-refractivity contribution is 5.20. The summed E-state index contributed by atoms with van der Waals surface area (Å²) < 4.78 is 10.7. The molecular formula is C10H17N3O2. The van der Waals surface area contributed by atoms with Crippen LogP contribution in [0.2, 0.25) is 0 Å². The molecule has 1 heterocycles. The Balaban J connectivity index is 2.62. The first-order valence-electron chi connectivity index (χ1n) is 5.02. The Bertz CT molecular complexity index is 305. The van der Waals surface area contributed by atoms with Crippen LogP contribution in [0.1, 0.15) is 12.7 Å². The summed E-state index contributed by atoms with van der Waals surface area (Å²) in [7, 11) is 1.88. The summed E-state index contributed by atoms with van der Waals surface area (Å²) in [6.07, 6.45) is 0. The monoisotopic (exact) mass is 211 g/mol. The summed E-state index contributed by atoms with van der Waals surface area (Å²) in [6, 6.07) is 1.70. The van der Waals surface area contributed by atoms with Crippen molar-refractivity contribution < 1.29 is 9.47 Å². The fourth-order valence-corrected chi connectivity index (χ4v) is 1.07. The molecule has 0 aliphatic carbocycles. The number of nitrogens with one attached hydrogen (secondary N) is 1. The molecule has 1 aromatic rings. The Morgan fingerprint density at radius 2 is 1.93 bits per heavy atom. The van der Waals surface area contributed by atoms with E-state index < -0.39 is 0 Å². The van der Waals surface area contributed by atoms with Crippen LogP contribution in [0.4, 0.5) is 0 Å². The van der Waals surface area contributed by atoms with E-state index in [-0.39, 0.29) is 0 Å². The van der Waals surface area contributed by atoms with Gasteiger partial charge >= 0.3 is 0 Å². The Hall–Kier alpha value is -1.36. The third-order valence-electron chi connectivity index (χ3n) is 1.69. The highest BCUT2D eigenvalue weighted by atomic mass is 16.5. The molecule has 0 radical (unpaired) electrons. The molecule has 15 heavy (non-hydrogen) atoms. The van der Waals surface area contributed by atoms with Crippen LogP contribution in [0.25, 0.3) is 0 Å². The van der Waals surface area contributed by atoms with E-state index in [0.717, 1.165) is 6.54 Å². The van der Waals surface area contributed by atoms with Gasteiger partial charge in [0.15, 0.2) is 0 Å². The van der Waals surface area contributed by atoms with Gasteiger partial charge in [-0.2, -0.15) is 9.97 Å². The molecule has 5 nitrogen and oxygen atoms in total. The smallest absolute Gasteiger partial charge is 0.220 e. The molecule has 0 atom stereocenters. The summed E-state index contributed by atoms with van der Waals surface area (Å²) >= 11 is 0. The second kappa shape index (κ2) is 6.19. The maximum atomic E-state index is 5.42. The third kappa shape index (κ3) is 4.12. The average Bonchev–Trinajstić information content (AvgIpc) is 2.18. The second-order valence-corrected chi connectivity index (χ2v) is 2.98. The lowest BCUT2D eigenvalue weighted by atomic mass is 10.5. The quantitative estimate of drug-likeness (QED) is 0.705. The van der Waals surface area contributed by atoms with Crippen molar-refractivity contribution in [2.24, 2.45) is 0 Å². The number of aromatic nitrogens is 2. The van der Waals surface area contributed by atoms with Gasteiger partial charge in [0.25, 0.3) is 0 Å². The van der Waals surface area contributed by atoms with Crippen molar-refractivity contribution in [3.8, 4) is 11.8 Å². The molecule has 0 saturated carbocycles. The minimum atomic E-state index is 0.557. The number of likely N-dealkylation sites (N-methyl/N-ethyl adjacent to an activating group) is 1. The summed E-state index contributed by atoms with van der Waals surface area (Å²) in [5, 5.41) is 2.99. The van der Waals surface area contributed by atoms with Crippen LogP contribution in [-0.2, 0) is 0 Å². The van der Waals surface area contributed by atoms with Gasteiger partial charge in [-0.15, -0.1) is 0 Å². The topological polar surface area (TPSA) is 56.3 Å². The van der Waals surface area contributed by atoms with Crippen LogP contribution < -0.4 is 14.8 Å². The molecule has 0 saturated heterocycles. The van der Waals surface area contributed by atoms with Gasteiger partial charge in [0.1, 0.15) is 12.4 Å². The summed E-state index contributed by atoms with van der Waals surface area (Å²) in [4.78, 5) is 8.27. The van der Waals surface area contributed by atoms with Gasteiger partial charge in [0, 0.05) is 6.54 Å². The number of nitrogens with zero attached hydrogens (tertiary/aromatic N) is 2. The summed E-state index contributed by atoms with van der Waals surface area (Å²) in [5.41, 5.74) is 0. The van der Waals surface area contributed by atoms with E-state index in [4.69, 9.17) is 9.47 Å². The molecule has 0 aliphatic rings. The largest absolute Gasteiger partial charge is 0.478 e. The van der Waals surface area contributed by atoms with E-state index in [1.807, 2.05) is 20.9 Å². The molecule has 0 spiro atoms. The van der Waals surface area contributed by atoms with Crippen LogP contribution >= 0.6 is 0 Å². The molecule has 84 valence electrons. The lowest BCUT2D eigenvalue weighted by Crippen LogP contribution is -2.16. The summed E-state index contributed by atoms with van der Waals surface area (Å²) in [6.45, 7) is 5.68. The zero-order valence-corrected chi connectivity index (χ0v) is 9.41. The lowest BCUT2D eigenvalue weighted by Gasteiger charge is -2.07. The summed E-state index contributed by atoms with van der Waals surface area (Å²) in [5.74, 6) is 1.77. The third-order valence-corrected chi connectivity index (χ3v) is 1.69. The van der Waals surface area contributed by atoms with Crippen molar-refractivity contribution in [1.82, 2.24) is 15.3 Å². The molecule has 0 bridgehead atoms. The van der Waals surface area contributed by atoms with E-state index in [1.165, 1.54) is 0 Å². The van der Waals surface area contributed by atoms with E-state index in [2.05, 4.69) is 15.3 Å². The van der Waals surface area contributed by atoms with E-state index >= 15 is 0 Å². The van der Waals surface area contributed by atoms with Crippen molar-refractivity contribution in [3.63, 3.8) is 0 Å². The Morgan fingerprint density at radius 1 is 1.27 bits per heavy atom. The lowest BCUT2D eigenvalue weighted by molar-refractivity contribution is 0.292. The fraction of sp³-hybridized carbons (Fsp3) is 0.600. The van der Waals surface area contributed by atoms with Gasteiger partial charge in [-0.1, -0.05) is 0 Å². The predicted octanol–water partition coefficient (Wildman–Crippen LogP) is 0.782. The number of aryl methyl sites for hydroxylation is 1. The number of ether oxygens (including phenoxy) is 2. The minimum absolute atomic E-state index is 0.557. The van der Waals surface area contributed by atoms with Crippen molar-refractivity contribution in [3.05, 3.63) is 11.9 Å². The maximum absolute atomic E-state index is 5.42. The fourth-order valence-electron chi connectivity index (χ4n) is 1.07. The maximum Gasteiger partial charge on any atom is 0.220 e. The molecule has 1 N–H and O–H groups in total. The molecule has 0 unspecified atom stereocenters. The zero-order valence-electron chi connectivity index (χ0n) is 9.41. The number of rotatable bonds is 6. The van der Waals surface area contributed by atoms with Crippen LogP contribution in [-0.4, -0.2) is 36.8 Å². The first kappa shape index (κ1) is 11.7. The highest BCUT2D eigenvalue weighted by Crippen LogP contribution is 2.14. The second-order valence-electron chi connectivity index (χ2n) is 2.98. The van der Waals surface area contributed by atoms with Gasteiger partial charge in [-0.05, 0) is 20.9 Å². The van der Waals surface area contributed by atoms with Gasteiger partial charge in [-0.3, -0.25) is 0 Å². The minimum Gasteiger partial charge on any atom is -0.478 e. The zero-order chi connectivity index (χ0) is 11.1. The van der Waals surface area contributed by atoms with Gasteiger partial charge in [0.05, 0.1) is 12.7 Å². The van der Waals surface area contributed by atoms with Crippen LogP contribution in [0, 0.1) is 6.92 Å². The standard InChI is InChI=1S/C10H17N3O2/c1-4-14-9-7-10(13-8(2)12-9)15-6-5-11-3/h7,11H,4-6H2,1-3H3. The Morgan fingerprint density at radius 3 is 2.53 bits per heavy atom. The van der Waals surface area contributed by atoms with Gasteiger partial charge in [-0.25, -0.2) is 0 Å². The Kier molecular flexibility index (Phi) is 4.83. The van der Waals surface area contributed by atoms with Crippen molar-refractivity contribution in [2.75, 3.05) is 26.8 Å². The molecule has 1 aromatic heterocycles. The molecule has 1 rings (SSSR count). The van der Waals surface area contributed by atoms with Gasteiger partial charge < -0.3 is 14.8 Å². The Labute approximate surface area is 89.8 Å². The van der Waals surface area contributed by atoms with Crippen LogP contribution in [0.5, 0.6) is 11.8 Å². The van der Waals surface area contributed by atoms with Gasteiger partial charge in [0.2, 0.25) is 11.8 Å². The molecular weight excluding hydrogens is 194 g/mol. The van der Waals surface area contributed by atoms with Crippen molar-refractivity contribution in [2.45, 2.75) is 13.8 Å². The molecule has 0 aromatic carbocycles. The van der Waals surface area contributed by atoms with E-state index in [0.29, 0.717) is 30.8 Å². The number of hydrogen-bond donors (Lipinski definition) is 1. The van der Waals surface area contributed by atoms with Crippen molar-refractivity contribution >= 4 is 0 Å². The van der Waals surface area contributed by atoms with Crippen molar-refractivity contribution in [1.29, 1.82) is 0 Å². The van der Waals surface area contributed by atoms with E-state index in [1.54, 1.807) is 6.07 Å². The number of hydrogen-bond acceptors (Lipinski definition) is 5. The first-order valence-corrected chi connectivity index (χ1v) is 5.02. The van der Waals surface area contributed by atoms with E-state index in [9.17, 15) is 0 Å². The first-order chi connectivity index (χ1) is 7.26. The van der Waals surface area contributed by atoms with Crippen LogP contribution in [0.3, 0.4) is 0 Å².